The van der Waals surface area contributed by atoms with Crippen molar-refractivity contribution in [2.75, 3.05) is 19.7 Å². The number of Topliss-reactive ketones (excluding diaryl/α,β-unsaturated/α-hetero) is 1. The number of hydrogen-bond donors (Lipinski definition) is 2. The van der Waals surface area contributed by atoms with Gasteiger partial charge in [0.15, 0.2) is 5.78 Å². The number of furan rings is 1. The first-order valence-electron chi connectivity index (χ1n) is 8.83. The summed E-state index contributed by atoms with van der Waals surface area (Å²) in [6.07, 6.45) is 1.51. The number of aryl methyl sites for hydroxylation is 1. The Hall–Kier alpha value is -3.03. The molecule has 2 heterocycles. The molecule has 2 aromatic rings. The summed E-state index contributed by atoms with van der Waals surface area (Å²) in [6.45, 7) is 7.62. The van der Waals surface area contributed by atoms with Crippen LogP contribution in [0.1, 0.15) is 51.7 Å². The molecule has 2 aromatic heterocycles. The van der Waals surface area contributed by atoms with Gasteiger partial charge in [0.1, 0.15) is 11.5 Å². The van der Waals surface area contributed by atoms with Crippen LogP contribution in [0.25, 0.3) is 0 Å². The van der Waals surface area contributed by atoms with Crippen LogP contribution in [0.4, 0.5) is 4.79 Å². The van der Waals surface area contributed by atoms with Crippen LogP contribution in [-0.2, 0) is 11.3 Å². The molecule has 0 aliphatic heterocycles. The molecule has 0 atom stereocenters. The number of carbonyl (C=O) groups is 3. The van der Waals surface area contributed by atoms with Crippen LogP contribution in [0.5, 0.6) is 0 Å². The van der Waals surface area contributed by atoms with Crippen molar-refractivity contribution in [1.82, 2.24) is 15.2 Å². The van der Waals surface area contributed by atoms with E-state index in [-0.39, 0.29) is 37.2 Å². The minimum atomic E-state index is -0.506. The van der Waals surface area contributed by atoms with Crippen molar-refractivity contribution in [3.05, 3.63) is 46.7 Å². The molecule has 0 fully saturated rings. The second-order valence-corrected chi connectivity index (χ2v) is 6.04. The topological polar surface area (TPSA) is 105 Å². The maximum atomic E-state index is 12.9. The summed E-state index contributed by atoms with van der Waals surface area (Å²) in [4.78, 5) is 41.6. The standard InChI is InChI=1S/C19H25N3O5/c1-5-20-19(25)22(10-14-8-7-9-27-14)11-15(23)16-12(3)17(21-13(16)4)18(24)26-6-2/h7-9,21H,5-6,10-11H2,1-4H3,(H,20,25). The zero-order valence-corrected chi connectivity index (χ0v) is 16.0. The van der Waals surface area contributed by atoms with E-state index < -0.39 is 5.97 Å². The molecule has 2 amide bonds. The molecule has 8 nitrogen and oxygen atoms in total. The lowest BCUT2D eigenvalue weighted by Crippen LogP contribution is -2.42. The molecule has 2 N–H and O–H groups in total. The summed E-state index contributed by atoms with van der Waals surface area (Å²) in [7, 11) is 0. The van der Waals surface area contributed by atoms with Crippen LogP contribution in [0.2, 0.25) is 0 Å². The molecule has 0 spiro atoms. The lowest BCUT2D eigenvalue weighted by atomic mass is 10.1. The highest BCUT2D eigenvalue weighted by Gasteiger charge is 2.26. The molecule has 0 saturated heterocycles. The number of hydrogen-bond acceptors (Lipinski definition) is 5. The quantitative estimate of drug-likeness (QED) is 0.545. The average Bonchev–Trinajstić information content (AvgIpc) is 3.22. The number of nitrogens with one attached hydrogen (secondary N) is 2. The van der Waals surface area contributed by atoms with Gasteiger partial charge in [-0.05, 0) is 45.4 Å². The number of aromatic nitrogens is 1. The number of aromatic amines is 1. The Bertz CT molecular complexity index is 808. The van der Waals surface area contributed by atoms with Crippen LogP contribution in [-0.4, -0.2) is 47.4 Å². The molecule has 0 unspecified atom stereocenters. The predicted molar refractivity (Wildman–Crippen MR) is 98.7 cm³/mol. The van der Waals surface area contributed by atoms with Crippen molar-refractivity contribution in [2.45, 2.75) is 34.2 Å². The summed E-state index contributed by atoms with van der Waals surface area (Å²) in [6, 6.07) is 3.10. The lowest BCUT2D eigenvalue weighted by Gasteiger charge is -2.21. The van der Waals surface area contributed by atoms with Crippen molar-refractivity contribution >= 4 is 17.8 Å². The van der Waals surface area contributed by atoms with Crippen molar-refractivity contribution in [3.63, 3.8) is 0 Å². The molecular formula is C19H25N3O5. The molecule has 0 aliphatic rings. The Labute approximate surface area is 157 Å². The van der Waals surface area contributed by atoms with Gasteiger partial charge in [-0.3, -0.25) is 4.79 Å². The second-order valence-electron chi connectivity index (χ2n) is 6.04. The smallest absolute Gasteiger partial charge is 0.355 e. The number of ether oxygens (including phenoxy) is 1. The van der Waals surface area contributed by atoms with E-state index in [9.17, 15) is 14.4 Å². The number of amides is 2. The number of carbonyl (C=O) groups excluding carboxylic acids is 3. The van der Waals surface area contributed by atoms with Crippen molar-refractivity contribution in [2.24, 2.45) is 0 Å². The summed E-state index contributed by atoms with van der Waals surface area (Å²) in [5.74, 6) is -0.202. The first kappa shape index (κ1) is 20.3. The number of esters is 1. The molecule has 0 bridgehead atoms. The minimum absolute atomic E-state index is 0.145. The number of ketones is 1. The Morgan fingerprint density at radius 3 is 2.59 bits per heavy atom. The highest BCUT2D eigenvalue weighted by Crippen LogP contribution is 2.20. The van der Waals surface area contributed by atoms with Gasteiger partial charge in [-0.25, -0.2) is 9.59 Å². The van der Waals surface area contributed by atoms with Crippen LogP contribution < -0.4 is 5.32 Å². The van der Waals surface area contributed by atoms with Gasteiger partial charge in [0, 0.05) is 17.8 Å². The van der Waals surface area contributed by atoms with E-state index in [1.165, 1.54) is 11.2 Å². The Kier molecular flexibility index (Phi) is 6.81. The monoisotopic (exact) mass is 375 g/mol. The van der Waals surface area contributed by atoms with Gasteiger partial charge in [0.25, 0.3) is 0 Å². The highest BCUT2D eigenvalue weighted by atomic mass is 16.5. The van der Waals surface area contributed by atoms with E-state index in [1.807, 2.05) is 0 Å². The maximum Gasteiger partial charge on any atom is 0.355 e. The number of urea groups is 1. The number of nitrogens with zero attached hydrogens (tertiary/aromatic N) is 1. The Morgan fingerprint density at radius 1 is 1.26 bits per heavy atom. The number of H-pyrrole nitrogens is 1. The van der Waals surface area contributed by atoms with Gasteiger partial charge in [0.2, 0.25) is 0 Å². The molecule has 8 heteroatoms. The summed E-state index contributed by atoms with van der Waals surface area (Å²) in [5, 5.41) is 2.70. The van der Waals surface area contributed by atoms with Crippen LogP contribution >= 0.6 is 0 Å². The molecule has 27 heavy (non-hydrogen) atoms. The van der Waals surface area contributed by atoms with E-state index in [0.717, 1.165) is 0 Å². The third-order valence-corrected chi connectivity index (χ3v) is 4.07. The SMILES string of the molecule is CCNC(=O)N(CC(=O)c1c(C)[nH]c(C(=O)OCC)c1C)Cc1ccco1. The van der Waals surface area contributed by atoms with Crippen LogP contribution in [0.3, 0.4) is 0 Å². The first-order chi connectivity index (χ1) is 12.9. The summed E-state index contributed by atoms with van der Waals surface area (Å²) < 4.78 is 10.3. The van der Waals surface area contributed by atoms with Crippen molar-refractivity contribution in [3.8, 4) is 0 Å². The third-order valence-electron chi connectivity index (χ3n) is 4.07. The minimum Gasteiger partial charge on any atom is -0.467 e. The fourth-order valence-electron chi connectivity index (χ4n) is 2.88. The lowest BCUT2D eigenvalue weighted by molar-refractivity contribution is 0.0519. The van der Waals surface area contributed by atoms with Crippen molar-refractivity contribution < 1.29 is 23.5 Å². The molecular weight excluding hydrogens is 350 g/mol. The predicted octanol–water partition coefficient (Wildman–Crippen LogP) is 2.82. The molecule has 0 aliphatic carbocycles. The maximum absolute atomic E-state index is 12.9. The normalized spacial score (nSPS) is 10.5. The Morgan fingerprint density at radius 2 is 2.00 bits per heavy atom. The van der Waals surface area contributed by atoms with E-state index in [1.54, 1.807) is 39.8 Å². The molecule has 0 aromatic carbocycles. The summed E-state index contributed by atoms with van der Waals surface area (Å²) >= 11 is 0. The molecule has 2 rings (SSSR count). The van der Waals surface area contributed by atoms with E-state index in [2.05, 4.69) is 10.3 Å². The number of rotatable bonds is 8. The molecule has 0 saturated carbocycles. The van der Waals surface area contributed by atoms with E-state index in [0.29, 0.717) is 29.1 Å². The van der Waals surface area contributed by atoms with Gasteiger partial charge < -0.3 is 24.4 Å². The Balaban J connectivity index is 2.24. The van der Waals surface area contributed by atoms with Gasteiger partial charge in [-0.1, -0.05) is 0 Å². The highest BCUT2D eigenvalue weighted by molar-refractivity contribution is 6.04. The third kappa shape index (κ3) is 4.78. The van der Waals surface area contributed by atoms with Crippen molar-refractivity contribution in [1.29, 1.82) is 0 Å². The van der Waals surface area contributed by atoms with Gasteiger partial charge in [-0.2, -0.15) is 0 Å². The summed E-state index contributed by atoms with van der Waals surface area (Å²) in [5.41, 5.74) is 1.74. The first-order valence-corrected chi connectivity index (χ1v) is 8.83. The molecule has 0 radical (unpaired) electrons. The largest absolute Gasteiger partial charge is 0.467 e. The zero-order valence-electron chi connectivity index (χ0n) is 16.0. The fourth-order valence-corrected chi connectivity index (χ4v) is 2.88. The second kappa shape index (κ2) is 9.07. The van der Waals surface area contributed by atoms with E-state index in [4.69, 9.17) is 9.15 Å². The van der Waals surface area contributed by atoms with Gasteiger partial charge in [-0.15, -0.1) is 0 Å². The van der Waals surface area contributed by atoms with Crippen LogP contribution in [0.15, 0.2) is 22.8 Å². The fraction of sp³-hybridized carbons (Fsp3) is 0.421. The average molecular weight is 375 g/mol. The zero-order chi connectivity index (χ0) is 20.0. The van der Waals surface area contributed by atoms with Crippen LogP contribution in [0, 0.1) is 13.8 Å². The molecule has 146 valence electrons. The van der Waals surface area contributed by atoms with Gasteiger partial charge >= 0.3 is 12.0 Å². The van der Waals surface area contributed by atoms with E-state index >= 15 is 0 Å². The van der Waals surface area contributed by atoms with Gasteiger partial charge in [0.05, 0.1) is 26.0 Å².